The maximum absolute atomic E-state index is 12.4. The van der Waals surface area contributed by atoms with E-state index in [1.54, 1.807) is 31.4 Å². The Morgan fingerprint density at radius 3 is 2.77 bits per heavy atom. The predicted octanol–water partition coefficient (Wildman–Crippen LogP) is 2.86. The second-order valence-electron chi connectivity index (χ2n) is 6.35. The predicted molar refractivity (Wildman–Crippen MR) is 97.5 cm³/mol. The zero-order chi connectivity index (χ0) is 18.1. The minimum absolute atomic E-state index is 0.128. The van der Waals surface area contributed by atoms with Crippen molar-refractivity contribution in [1.82, 2.24) is 15.3 Å². The van der Waals surface area contributed by atoms with Gasteiger partial charge >= 0.3 is 0 Å². The molecule has 1 aliphatic heterocycles. The number of H-pyrrole nitrogens is 1. The van der Waals surface area contributed by atoms with Crippen LogP contribution in [-0.4, -0.2) is 34.6 Å². The van der Waals surface area contributed by atoms with E-state index in [-0.39, 0.29) is 17.6 Å². The number of benzene rings is 2. The molecule has 1 aliphatic rings. The molecule has 3 aromatic rings. The molecule has 1 atom stereocenters. The summed E-state index contributed by atoms with van der Waals surface area (Å²) in [6, 6.07) is 14.6. The number of hydrogen-bond acceptors (Lipinski definition) is 4. The van der Waals surface area contributed by atoms with Gasteiger partial charge in [-0.15, -0.1) is 0 Å². The zero-order valence-corrected chi connectivity index (χ0v) is 14.3. The van der Waals surface area contributed by atoms with Gasteiger partial charge in [-0.25, -0.2) is 4.98 Å². The highest BCUT2D eigenvalue weighted by atomic mass is 16.5. The Labute approximate surface area is 150 Å². The first-order valence-electron chi connectivity index (χ1n) is 8.44. The number of amides is 1. The zero-order valence-electron chi connectivity index (χ0n) is 14.3. The molecule has 0 saturated carbocycles. The van der Waals surface area contributed by atoms with Crippen LogP contribution in [0.5, 0.6) is 11.5 Å². The topological polar surface area (TPSA) is 87.2 Å². The van der Waals surface area contributed by atoms with Gasteiger partial charge in [0, 0.05) is 23.7 Å². The number of fused-ring (bicyclic) bond motifs is 1. The van der Waals surface area contributed by atoms with Gasteiger partial charge < -0.3 is 20.1 Å². The summed E-state index contributed by atoms with van der Waals surface area (Å²) < 4.78 is 5.31. The number of nitrogens with one attached hydrogen (secondary N) is 2. The summed E-state index contributed by atoms with van der Waals surface area (Å²) in [7, 11) is 1.64. The van der Waals surface area contributed by atoms with E-state index in [0.29, 0.717) is 24.5 Å². The SMILES string of the molecule is COc1cccc([C@H]2CNC(=O)c3nc(-c4ccc(O)cc4)[nH]c3C2)c1. The molecule has 0 fully saturated rings. The molecule has 0 aliphatic carbocycles. The Morgan fingerprint density at radius 2 is 2.00 bits per heavy atom. The summed E-state index contributed by atoms with van der Waals surface area (Å²) in [6.45, 7) is 0.546. The molecule has 1 amide bonds. The fourth-order valence-electron chi connectivity index (χ4n) is 3.25. The number of aromatic amines is 1. The third kappa shape index (κ3) is 3.01. The number of carbonyl (C=O) groups is 1. The van der Waals surface area contributed by atoms with Gasteiger partial charge in [0.25, 0.3) is 5.91 Å². The van der Waals surface area contributed by atoms with Crippen LogP contribution >= 0.6 is 0 Å². The van der Waals surface area contributed by atoms with Crippen LogP contribution in [0.3, 0.4) is 0 Å². The summed E-state index contributed by atoms with van der Waals surface area (Å²) in [5, 5.41) is 12.4. The molecule has 6 nitrogen and oxygen atoms in total. The number of phenols is 1. The molecule has 0 unspecified atom stereocenters. The average molecular weight is 349 g/mol. The summed E-state index contributed by atoms with van der Waals surface area (Å²) in [5.41, 5.74) is 3.18. The van der Waals surface area contributed by atoms with Crippen LogP contribution in [-0.2, 0) is 6.42 Å². The molecule has 0 bridgehead atoms. The Balaban J connectivity index is 1.68. The number of phenolic OH excluding ortho intramolecular Hbond substituents is 1. The van der Waals surface area contributed by atoms with Crippen LogP contribution in [0.15, 0.2) is 48.5 Å². The first-order chi connectivity index (χ1) is 12.6. The number of methoxy groups -OCH3 is 1. The lowest BCUT2D eigenvalue weighted by Crippen LogP contribution is -2.26. The summed E-state index contributed by atoms with van der Waals surface area (Å²) in [6.07, 6.45) is 0.673. The van der Waals surface area contributed by atoms with E-state index in [1.807, 2.05) is 24.3 Å². The highest BCUT2D eigenvalue weighted by Crippen LogP contribution is 2.28. The van der Waals surface area contributed by atoms with Crippen LogP contribution in [0.4, 0.5) is 0 Å². The number of hydrogen-bond donors (Lipinski definition) is 3. The molecule has 2 aromatic carbocycles. The fourth-order valence-corrected chi connectivity index (χ4v) is 3.25. The highest BCUT2D eigenvalue weighted by Gasteiger charge is 2.26. The number of aromatic nitrogens is 2. The molecule has 26 heavy (non-hydrogen) atoms. The molecule has 0 saturated heterocycles. The van der Waals surface area contributed by atoms with Gasteiger partial charge in [0.05, 0.1) is 7.11 Å². The van der Waals surface area contributed by atoms with Crippen LogP contribution in [0.1, 0.15) is 27.7 Å². The fraction of sp³-hybridized carbons (Fsp3) is 0.200. The van der Waals surface area contributed by atoms with E-state index in [1.165, 1.54) is 0 Å². The first kappa shape index (κ1) is 16.2. The van der Waals surface area contributed by atoms with E-state index in [4.69, 9.17) is 4.74 Å². The van der Waals surface area contributed by atoms with Crippen molar-refractivity contribution in [2.24, 2.45) is 0 Å². The molecule has 4 rings (SSSR count). The van der Waals surface area contributed by atoms with Gasteiger partial charge in [-0.2, -0.15) is 0 Å². The molecule has 132 valence electrons. The average Bonchev–Trinajstić information content (AvgIpc) is 3.03. The van der Waals surface area contributed by atoms with E-state index >= 15 is 0 Å². The maximum Gasteiger partial charge on any atom is 0.271 e. The lowest BCUT2D eigenvalue weighted by molar-refractivity contribution is 0.0950. The largest absolute Gasteiger partial charge is 0.508 e. The van der Waals surface area contributed by atoms with E-state index in [2.05, 4.69) is 15.3 Å². The third-order valence-corrected chi connectivity index (χ3v) is 4.66. The van der Waals surface area contributed by atoms with Gasteiger partial charge in [-0.3, -0.25) is 4.79 Å². The molecular weight excluding hydrogens is 330 g/mol. The summed E-state index contributed by atoms with van der Waals surface area (Å²) >= 11 is 0. The lowest BCUT2D eigenvalue weighted by Gasteiger charge is -2.15. The minimum atomic E-state index is -0.174. The van der Waals surface area contributed by atoms with Gasteiger partial charge in [0.1, 0.15) is 23.0 Å². The van der Waals surface area contributed by atoms with Crippen molar-refractivity contribution in [3.8, 4) is 22.9 Å². The number of ether oxygens (including phenoxy) is 1. The molecule has 2 heterocycles. The Kier molecular flexibility index (Phi) is 4.08. The number of imidazole rings is 1. The first-order valence-corrected chi connectivity index (χ1v) is 8.44. The van der Waals surface area contributed by atoms with Gasteiger partial charge in [0.2, 0.25) is 0 Å². The molecular formula is C20H19N3O3. The Morgan fingerprint density at radius 1 is 1.19 bits per heavy atom. The third-order valence-electron chi connectivity index (χ3n) is 4.66. The van der Waals surface area contributed by atoms with E-state index in [0.717, 1.165) is 22.6 Å². The molecule has 1 aromatic heterocycles. The maximum atomic E-state index is 12.4. The van der Waals surface area contributed by atoms with Crippen molar-refractivity contribution in [3.05, 3.63) is 65.5 Å². The van der Waals surface area contributed by atoms with Crippen LogP contribution in [0.25, 0.3) is 11.4 Å². The minimum Gasteiger partial charge on any atom is -0.508 e. The standard InChI is InChI=1S/C20H19N3O3/c1-26-16-4-2-3-13(9-16)14-10-17-18(20(25)21-11-14)23-19(22-17)12-5-7-15(24)8-6-12/h2-9,14,24H,10-11H2,1H3,(H,21,25)(H,22,23)/t14-/m1/s1. The van der Waals surface area contributed by atoms with Gasteiger partial charge in [0.15, 0.2) is 0 Å². The lowest BCUT2D eigenvalue weighted by atomic mass is 9.94. The normalized spacial score (nSPS) is 16.5. The van der Waals surface area contributed by atoms with Gasteiger partial charge in [-0.1, -0.05) is 12.1 Å². The van der Waals surface area contributed by atoms with Crippen molar-refractivity contribution in [1.29, 1.82) is 0 Å². The Bertz CT molecular complexity index is 947. The van der Waals surface area contributed by atoms with Crippen molar-refractivity contribution in [2.75, 3.05) is 13.7 Å². The summed E-state index contributed by atoms with van der Waals surface area (Å²) in [5.74, 6) is 1.57. The highest BCUT2D eigenvalue weighted by molar-refractivity contribution is 5.94. The smallest absolute Gasteiger partial charge is 0.271 e. The number of rotatable bonds is 3. The van der Waals surface area contributed by atoms with Crippen molar-refractivity contribution >= 4 is 5.91 Å². The molecule has 0 radical (unpaired) electrons. The van der Waals surface area contributed by atoms with E-state index < -0.39 is 0 Å². The monoisotopic (exact) mass is 349 g/mol. The van der Waals surface area contributed by atoms with Crippen molar-refractivity contribution in [3.63, 3.8) is 0 Å². The quantitative estimate of drug-likeness (QED) is 0.678. The van der Waals surface area contributed by atoms with E-state index in [9.17, 15) is 9.90 Å². The molecule has 3 N–H and O–H groups in total. The van der Waals surface area contributed by atoms with Crippen LogP contribution < -0.4 is 10.1 Å². The summed E-state index contributed by atoms with van der Waals surface area (Å²) in [4.78, 5) is 20.2. The number of aromatic hydroxyl groups is 1. The second-order valence-corrected chi connectivity index (χ2v) is 6.35. The van der Waals surface area contributed by atoms with Crippen molar-refractivity contribution < 1.29 is 14.6 Å². The second kappa shape index (κ2) is 6.55. The van der Waals surface area contributed by atoms with Crippen LogP contribution in [0, 0.1) is 0 Å². The number of carbonyl (C=O) groups excluding carboxylic acids is 1. The Hall–Kier alpha value is -3.28. The van der Waals surface area contributed by atoms with Crippen LogP contribution in [0.2, 0.25) is 0 Å². The molecule has 0 spiro atoms. The van der Waals surface area contributed by atoms with Gasteiger partial charge in [-0.05, 0) is 48.4 Å². The van der Waals surface area contributed by atoms with Crippen molar-refractivity contribution in [2.45, 2.75) is 12.3 Å². The molecule has 6 heteroatoms. The number of nitrogens with zero attached hydrogens (tertiary/aromatic N) is 1.